The van der Waals surface area contributed by atoms with Gasteiger partial charge in [0.1, 0.15) is 5.75 Å². The van der Waals surface area contributed by atoms with E-state index < -0.39 is 0 Å². The van der Waals surface area contributed by atoms with Crippen molar-refractivity contribution in [1.82, 2.24) is 10.2 Å². The molecule has 1 N–H and O–H groups in total. The quantitative estimate of drug-likeness (QED) is 0.873. The van der Waals surface area contributed by atoms with Crippen LogP contribution in [0.4, 0.5) is 0 Å². The number of carbonyl (C=O) groups excluding carboxylic acids is 1. The second-order valence-corrected chi connectivity index (χ2v) is 4.36. The summed E-state index contributed by atoms with van der Waals surface area (Å²) in [5, 5.41) is 7.44. The fraction of sp³-hybridized carbons (Fsp3) is 0.167. The molecule has 4 nitrogen and oxygen atoms in total. The molecule has 2 aromatic rings. The molecule has 2 rings (SSSR count). The molecule has 0 fully saturated rings. The largest absolute Gasteiger partial charge is 0.492 e. The Hall–Kier alpha value is -1.52. The first-order valence-electron chi connectivity index (χ1n) is 5.28. The van der Waals surface area contributed by atoms with E-state index in [1.165, 1.54) is 6.20 Å². The highest BCUT2D eigenvalue weighted by Gasteiger charge is 2.16. The molecule has 6 heteroatoms. The Morgan fingerprint density at radius 3 is 2.89 bits per heavy atom. The third kappa shape index (κ3) is 2.35. The summed E-state index contributed by atoms with van der Waals surface area (Å²) in [4.78, 5) is 10.9. The van der Waals surface area contributed by atoms with Gasteiger partial charge in [-0.25, -0.2) is 0 Å². The molecule has 0 bridgehead atoms. The lowest BCUT2D eigenvalue weighted by Gasteiger charge is -2.12. The monoisotopic (exact) mass is 284 g/mol. The second kappa shape index (κ2) is 5.42. The highest BCUT2D eigenvalue weighted by atomic mass is 35.5. The first-order chi connectivity index (χ1) is 8.67. The van der Waals surface area contributed by atoms with Gasteiger partial charge in [-0.05, 0) is 19.1 Å². The smallest absolute Gasteiger partial charge is 0.153 e. The summed E-state index contributed by atoms with van der Waals surface area (Å²) in [6.07, 6.45) is 2.15. The number of H-pyrrole nitrogens is 1. The minimum absolute atomic E-state index is 0.394. The van der Waals surface area contributed by atoms with Gasteiger partial charge in [-0.3, -0.25) is 9.89 Å². The predicted molar refractivity (Wildman–Crippen MR) is 70.6 cm³/mol. The van der Waals surface area contributed by atoms with Crippen molar-refractivity contribution >= 4 is 29.5 Å². The number of carbonyl (C=O) groups is 1. The molecule has 0 aliphatic carbocycles. The molecular weight excluding hydrogens is 275 g/mol. The lowest BCUT2D eigenvalue weighted by molar-refractivity contribution is 0.112. The van der Waals surface area contributed by atoms with Gasteiger partial charge in [0.15, 0.2) is 6.29 Å². The number of aromatic nitrogens is 2. The van der Waals surface area contributed by atoms with Crippen molar-refractivity contribution in [2.45, 2.75) is 6.92 Å². The Balaban J connectivity index is 2.65. The fourth-order valence-electron chi connectivity index (χ4n) is 1.64. The zero-order chi connectivity index (χ0) is 13.1. The van der Waals surface area contributed by atoms with Gasteiger partial charge in [-0.2, -0.15) is 5.10 Å². The van der Waals surface area contributed by atoms with Gasteiger partial charge >= 0.3 is 0 Å². The lowest BCUT2D eigenvalue weighted by atomic mass is 10.1. The minimum atomic E-state index is 0.394. The maximum absolute atomic E-state index is 10.9. The van der Waals surface area contributed by atoms with E-state index in [4.69, 9.17) is 27.9 Å². The number of ether oxygens (including phenoxy) is 1. The van der Waals surface area contributed by atoms with Crippen LogP contribution < -0.4 is 4.74 Å². The van der Waals surface area contributed by atoms with E-state index in [9.17, 15) is 4.79 Å². The van der Waals surface area contributed by atoms with Gasteiger partial charge in [0, 0.05) is 10.6 Å². The van der Waals surface area contributed by atoms with Gasteiger partial charge in [0.2, 0.25) is 0 Å². The fourth-order valence-corrected chi connectivity index (χ4v) is 2.19. The number of halogens is 2. The maximum Gasteiger partial charge on any atom is 0.153 e. The van der Waals surface area contributed by atoms with Crippen molar-refractivity contribution in [2.75, 3.05) is 6.61 Å². The van der Waals surface area contributed by atoms with Crippen LogP contribution in [0, 0.1) is 0 Å². The molecule has 1 aromatic carbocycles. The van der Waals surface area contributed by atoms with Crippen molar-refractivity contribution in [1.29, 1.82) is 0 Å². The molecule has 94 valence electrons. The Labute approximate surface area is 114 Å². The van der Waals surface area contributed by atoms with Crippen molar-refractivity contribution in [3.8, 4) is 17.0 Å². The number of benzene rings is 1. The first-order valence-corrected chi connectivity index (χ1v) is 6.03. The van der Waals surface area contributed by atoms with Gasteiger partial charge in [0.25, 0.3) is 0 Å². The SMILES string of the molecule is CCOc1c(Cl)cc(Cl)cc1-c1[nH]ncc1C=O. The second-order valence-electron chi connectivity index (χ2n) is 3.52. The summed E-state index contributed by atoms with van der Waals surface area (Å²) in [6, 6.07) is 3.27. The molecule has 0 aliphatic rings. The maximum atomic E-state index is 10.9. The zero-order valence-corrected chi connectivity index (χ0v) is 11.0. The summed E-state index contributed by atoms with van der Waals surface area (Å²) in [5.41, 5.74) is 1.58. The molecule has 1 aromatic heterocycles. The Kier molecular flexibility index (Phi) is 3.89. The first kappa shape index (κ1) is 12.9. The van der Waals surface area contributed by atoms with E-state index >= 15 is 0 Å². The van der Waals surface area contributed by atoms with Gasteiger partial charge in [-0.1, -0.05) is 23.2 Å². The van der Waals surface area contributed by atoms with E-state index in [0.717, 1.165) is 0 Å². The number of hydrogen-bond acceptors (Lipinski definition) is 3. The molecule has 1 heterocycles. The van der Waals surface area contributed by atoms with Crippen LogP contribution in [0.5, 0.6) is 5.75 Å². The third-order valence-corrected chi connectivity index (χ3v) is 2.86. The summed E-state index contributed by atoms with van der Waals surface area (Å²) in [6.45, 7) is 2.31. The van der Waals surface area contributed by atoms with E-state index in [1.54, 1.807) is 12.1 Å². The van der Waals surface area contributed by atoms with E-state index in [-0.39, 0.29) is 0 Å². The van der Waals surface area contributed by atoms with Crippen LogP contribution in [0.2, 0.25) is 10.0 Å². The number of nitrogens with zero attached hydrogens (tertiary/aromatic N) is 1. The Morgan fingerprint density at radius 1 is 1.44 bits per heavy atom. The molecule has 0 saturated carbocycles. The average Bonchev–Trinajstić information content (AvgIpc) is 2.80. The summed E-state index contributed by atoms with van der Waals surface area (Å²) in [5.74, 6) is 0.482. The summed E-state index contributed by atoms with van der Waals surface area (Å²) in [7, 11) is 0. The van der Waals surface area contributed by atoms with Crippen LogP contribution in [0.25, 0.3) is 11.3 Å². The highest BCUT2D eigenvalue weighted by molar-refractivity contribution is 6.36. The topological polar surface area (TPSA) is 55.0 Å². The van der Waals surface area contributed by atoms with Gasteiger partial charge in [-0.15, -0.1) is 0 Å². The van der Waals surface area contributed by atoms with E-state index in [1.807, 2.05) is 6.92 Å². The molecule has 0 amide bonds. The third-order valence-electron chi connectivity index (χ3n) is 2.36. The van der Waals surface area contributed by atoms with Gasteiger partial charge < -0.3 is 4.74 Å². The zero-order valence-electron chi connectivity index (χ0n) is 9.54. The number of hydrogen-bond donors (Lipinski definition) is 1. The minimum Gasteiger partial charge on any atom is -0.492 e. The molecule has 18 heavy (non-hydrogen) atoms. The standard InChI is InChI=1S/C12H10Cl2N2O2/c1-2-18-12-9(3-8(13)4-10(12)14)11-7(6-17)5-15-16-11/h3-6H,2H2,1H3,(H,15,16). The van der Waals surface area contributed by atoms with Crippen molar-refractivity contribution in [3.63, 3.8) is 0 Å². The molecule has 0 radical (unpaired) electrons. The van der Waals surface area contributed by atoms with Gasteiger partial charge in [0.05, 0.1) is 29.1 Å². The van der Waals surface area contributed by atoms with Crippen molar-refractivity contribution in [2.24, 2.45) is 0 Å². The van der Waals surface area contributed by atoms with Crippen LogP contribution in [0.3, 0.4) is 0 Å². The number of rotatable bonds is 4. The van der Waals surface area contributed by atoms with Crippen LogP contribution in [-0.2, 0) is 0 Å². The molecule has 0 spiro atoms. The predicted octanol–water partition coefficient (Wildman–Crippen LogP) is 3.59. The van der Waals surface area contributed by atoms with Crippen molar-refractivity contribution in [3.05, 3.63) is 33.9 Å². The number of nitrogens with one attached hydrogen (secondary N) is 1. The number of aromatic amines is 1. The molecule has 0 atom stereocenters. The summed E-state index contributed by atoms with van der Waals surface area (Å²) >= 11 is 12.1. The lowest BCUT2D eigenvalue weighted by Crippen LogP contribution is -1.96. The molecule has 0 saturated heterocycles. The normalized spacial score (nSPS) is 10.4. The summed E-state index contributed by atoms with van der Waals surface area (Å²) < 4.78 is 5.49. The van der Waals surface area contributed by atoms with Crippen molar-refractivity contribution < 1.29 is 9.53 Å². The molecule has 0 aliphatic heterocycles. The molecular formula is C12H10Cl2N2O2. The average molecular weight is 285 g/mol. The van der Waals surface area contributed by atoms with Crippen LogP contribution in [0.1, 0.15) is 17.3 Å². The highest BCUT2D eigenvalue weighted by Crippen LogP contribution is 2.39. The number of aldehydes is 1. The van der Waals surface area contributed by atoms with E-state index in [2.05, 4.69) is 10.2 Å². The van der Waals surface area contributed by atoms with E-state index in [0.29, 0.717) is 45.5 Å². The Morgan fingerprint density at radius 2 is 2.22 bits per heavy atom. The van der Waals surface area contributed by atoms with Crippen LogP contribution >= 0.6 is 23.2 Å². The van der Waals surface area contributed by atoms with Crippen LogP contribution in [0.15, 0.2) is 18.3 Å². The van der Waals surface area contributed by atoms with Crippen LogP contribution in [-0.4, -0.2) is 23.1 Å². The molecule has 0 unspecified atom stereocenters. The Bertz CT molecular complexity index is 581.